The van der Waals surface area contributed by atoms with Gasteiger partial charge in [-0.15, -0.1) is 0 Å². The maximum Gasteiger partial charge on any atom is 0.119 e. The Kier molecular flexibility index (Phi) is 1.89. The van der Waals surface area contributed by atoms with E-state index < -0.39 is 0 Å². The van der Waals surface area contributed by atoms with Crippen LogP contribution in [0.2, 0.25) is 0 Å². The van der Waals surface area contributed by atoms with Crippen LogP contribution in [0.5, 0.6) is 5.75 Å². The minimum absolute atomic E-state index is 0.173. The summed E-state index contributed by atoms with van der Waals surface area (Å²) >= 11 is 3.40. The van der Waals surface area contributed by atoms with E-state index in [1.807, 2.05) is 13.0 Å². The molecule has 1 aliphatic carbocycles. The van der Waals surface area contributed by atoms with Crippen molar-refractivity contribution in [1.82, 2.24) is 0 Å². The maximum atomic E-state index is 9.59. The molecule has 0 bridgehead atoms. The number of aromatic hydroxyl groups is 1. The van der Waals surface area contributed by atoms with Crippen LogP contribution in [0.3, 0.4) is 0 Å². The summed E-state index contributed by atoms with van der Waals surface area (Å²) in [5.41, 5.74) is 7.75. The highest BCUT2D eigenvalue weighted by molar-refractivity contribution is 9.10. The molecule has 0 saturated heterocycles. The fourth-order valence-corrected chi connectivity index (χ4v) is 1.82. The molecule has 70 valence electrons. The first-order valence-corrected chi connectivity index (χ1v) is 5.11. The van der Waals surface area contributed by atoms with Crippen molar-refractivity contribution >= 4 is 15.9 Å². The number of phenols is 1. The molecule has 0 aromatic heterocycles. The SMILES string of the molecule is Cc1c(O)cc(C2(N)CC2)cc1Br. The molecule has 1 aromatic rings. The second kappa shape index (κ2) is 2.72. The summed E-state index contributed by atoms with van der Waals surface area (Å²) in [6, 6.07) is 3.77. The Morgan fingerprint density at radius 2 is 2.08 bits per heavy atom. The quantitative estimate of drug-likeness (QED) is 0.794. The van der Waals surface area contributed by atoms with Crippen molar-refractivity contribution in [3.8, 4) is 5.75 Å². The summed E-state index contributed by atoms with van der Waals surface area (Å²) in [6.07, 6.45) is 2.03. The van der Waals surface area contributed by atoms with Crippen molar-refractivity contribution in [1.29, 1.82) is 0 Å². The topological polar surface area (TPSA) is 46.2 Å². The van der Waals surface area contributed by atoms with E-state index in [9.17, 15) is 5.11 Å². The number of benzene rings is 1. The van der Waals surface area contributed by atoms with Gasteiger partial charge in [0.25, 0.3) is 0 Å². The Bertz CT molecular complexity index is 335. The normalized spacial score (nSPS) is 18.7. The van der Waals surface area contributed by atoms with E-state index >= 15 is 0 Å². The van der Waals surface area contributed by atoms with Gasteiger partial charge in [0, 0.05) is 15.6 Å². The Labute approximate surface area is 85.9 Å². The molecule has 2 rings (SSSR count). The molecule has 0 amide bonds. The van der Waals surface area contributed by atoms with Gasteiger partial charge in [-0.2, -0.15) is 0 Å². The average molecular weight is 242 g/mol. The van der Waals surface area contributed by atoms with E-state index in [0.717, 1.165) is 28.4 Å². The number of hydrogen-bond donors (Lipinski definition) is 2. The third-order valence-electron chi connectivity index (χ3n) is 2.68. The molecule has 13 heavy (non-hydrogen) atoms. The Balaban J connectivity index is 2.50. The van der Waals surface area contributed by atoms with E-state index in [1.54, 1.807) is 6.07 Å². The smallest absolute Gasteiger partial charge is 0.119 e. The molecular formula is C10H12BrNO. The second-order valence-corrected chi connectivity index (χ2v) is 4.61. The molecule has 3 heteroatoms. The third kappa shape index (κ3) is 1.46. The van der Waals surface area contributed by atoms with Crippen LogP contribution >= 0.6 is 15.9 Å². The van der Waals surface area contributed by atoms with Gasteiger partial charge in [0.1, 0.15) is 5.75 Å². The molecular weight excluding hydrogens is 230 g/mol. The van der Waals surface area contributed by atoms with Crippen LogP contribution in [0.4, 0.5) is 0 Å². The average Bonchev–Trinajstić information content (AvgIpc) is 2.80. The van der Waals surface area contributed by atoms with Crippen LogP contribution in [-0.2, 0) is 5.54 Å². The molecule has 1 saturated carbocycles. The van der Waals surface area contributed by atoms with Crippen LogP contribution in [-0.4, -0.2) is 5.11 Å². The fraction of sp³-hybridized carbons (Fsp3) is 0.400. The molecule has 0 radical (unpaired) electrons. The van der Waals surface area contributed by atoms with Gasteiger partial charge in [0.05, 0.1) is 0 Å². The molecule has 0 heterocycles. The van der Waals surface area contributed by atoms with Crippen molar-refractivity contribution < 1.29 is 5.11 Å². The zero-order chi connectivity index (χ0) is 9.64. The maximum absolute atomic E-state index is 9.59. The van der Waals surface area contributed by atoms with Crippen LogP contribution in [0.1, 0.15) is 24.0 Å². The zero-order valence-electron chi connectivity index (χ0n) is 7.47. The second-order valence-electron chi connectivity index (χ2n) is 3.76. The van der Waals surface area contributed by atoms with E-state index in [-0.39, 0.29) is 5.54 Å². The van der Waals surface area contributed by atoms with Crippen molar-refractivity contribution in [3.05, 3.63) is 27.7 Å². The summed E-state index contributed by atoms with van der Waals surface area (Å²) in [5, 5.41) is 9.59. The number of hydrogen-bond acceptors (Lipinski definition) is 2. The minimum Gasteiger partial charge on any atom is -0.508 e. The number of rotatable bonds is 1. The molecule has 0 spiro atoms. The van der Waals surface area contributed by atoms with Gasteiger partial charge in [0.2, 0.25) is 0 Å². The first-order valence-electron chi connectivity index (χ1n) is 4.31. The summed E-state index contributed by atoms with van der Waals surface area (Å²) < 4.78 is 0.930. The van der Waals surface area contributed by atoms with Crippen molar-refractivity contribution in [2.24, 2.45) is 5.73 Å². The lowest BCUT2D eigenvalue weighted by atomic mass is 10.0. The lowest BCUT2D eigenvalue weighted by Crippen LogP contribution is -2.18. The molecule has 1 aliphatic rings. The molecule has 1 fully saturated rings. The van der Waals surface area contributed by atoms with Gasteiger partial charge in [-0.25, -0.2) is 0 Å². The van der Waals surface area contributed by atoms with Crippen molar-refractivity contribution in [3.63, 3.8) is 0 Å². The van der Waals surface area contributed by atoms with Gasteiger partial charge >= 0.3 is 0 Å². The summed E-state index contributed by atoms with van der Waals surface area (Å²) in [4.78, 5) is 0. The van der Waals surface area contributed by atoms with Crippen LogP contribution in [0.15, 0.2) is 16.6 Å². The van der Waals surface area contributed by atoms with Crippen molar-refractivity contribution in [2.75, 3.05) is 0 Å². The summed E-state index contributed by atoms with van der Waals surface area (Å²) in [5.74, 6) is 0.320. The molecule has 0 aliphatic heterocycles. The molecule has 1 aromatic carbocycles. The van der Waals surface area contributed by atoms with Crippen LogP contribution in [0, 0.1) is 6.92 Å². The third-order valence-corrected chi connectivity index (χ3v) is 3.50. The van der Waals surface area contributed by atoms with E-state index in [0.29, 0.717) is 5.75 Å². The van der Waals surface area contributed by atoms with E-state index in [4.69, 9.17) is 5.73 Å². The van der Waals surface area contributed by atoms with Crippen LogP contribution in [0.25, 0.3) is 0 Å². The predicted molar refractivity (Wildman–Crippen MR) is 55.6 cm³/mol. The minimum atomic E-state index is -0.173. The highest BCUT2D eigenvalue weighted by Gasteiger charge is 2.40. The van der Waals surface area contributed by atoms with E-state index in [2.05, 4.69) is 15.9 Å². The summed E-state index contributed by atoms with van der Waals surface area (Å²) in [6.45, 7) is 1.87. The van der Waals surface area contributed by atoms with Gasteiger partial charge in [-0.05, 0) is 37.5 Å². The van der Waals surface area contributed by atoms with Crippen LogP contribution < -0.4 is 5.73 Å². The Morgan fingerprint density at radius 3 is 2.54 bits per heavy atom. The van der Waals surface area contributed by atoms with E-state index in [1.165, 1.54) is 0 Å². The lowest BCUT2D eigenvalue weighted by molar-refractivity contribution is 0.468. The van der Waals surface area contributed by atoms with Gasteiger partial charge in [-0.3, -0.25) is 0 Å². The molecule has 0 unspecified atom stereocenters. The monoisotopic (exact) mass is 241 g/mol. The Hall–Kier alpha value is -0.540. The van der Waals surface area contributed by atoms with Crippen molar-refractivity contribution in [2.45, 2.75) is 25.3 Å². The molecule has 2 nitrogen and oxygen atoms in total. The lowest BCUT2D eigenvalue weighted by Gasteiger charge is -2.12. The van der Waals surface area contributed by atoms with Gasteiger partial charge < -0.3 is 10.8 Å². The zero-order valence-corrected chi connectivity index (χ0v) is 9.06. The predicted octanol–water partition coefficient (Wildman–Crippen LogP) is 2.41. The number of phenolic OH excluding ortho intramolecular Hbond substituents is 1. The largest absolute Gasteiger partial charge is 0.508 e. The first kappa shape index (κ1) is 9.03. The standard InChI is InChI=1S/C10H12BrNO/c1-6-8(11)4-7(5-9(6)13)10(12)2-3-10/h4-5,13H,2-3,12H2,1H3. The fourth-order valence-electron chi connectivity index (χ4n) is 1.38. The first-order chi connectivity index (χ1) is 6.03. The van der Waals surface area contributed by atoms with Gasteiger partial charge in [-0.1, -0.05) is 15.9 Å². The highest BCUT2D eigenvalue weighted by atomic mass is 79.9. The highest BCUT2D eigenvalue weighted by Crippen LogP contribution is 2.45. The number of nitrogens with two attached hydrogens (primary N) is 1. The van der Waals surface area contributed by atoms with Gasteiger partial charge in [0.15, 0.2) is 0 Å². The Morgan fingerprint density at radius 1 is 1.46 bits per heavy atom. The molecule has 0 atom stereocenters. The molecule has 3 N–H and O–H groups in total. The summed E-state index contributed by atoms with van der Waals surface area (Å²) in [7, 11) is 0. The number of halogens is 1.